The molecule has 0 saturated carbocycles. The second-order valence-corrected chi connectivity index (χ2v) is 11.1. The van der Waals surface area contributed by atoms with Gasteiger partial charge in [0.25, 0.3) is 5.91 Å². The Balaban J connectivity index is 0.000000469. The van der Waals surface area contributed by atoms with Crippen molar-refractivity contribution in [2.45, 2.75) is 31.7 Å². The van der Waals surface area contributed by atoms with Crippen LogP contribution in [-0.2, 0) is 4.79 Å². The topological polar surface area (TPSA) is 67.3 Å². The predicted molar refractivity (Wildman–Crippen MR) is 148 cm³/mol. The monoisotopic (exact) mass is 526 g/mol. The average molecular weight is 527 g/mol. The van der Waals surface area contributed by atoms with E-state index in [2.05, 4.69) is 9.80 Å². The fraction of sp³-hybridized carbons (Fsp3) is 0.517. The van der Waals surface area contributed by atoms with E-state index >= 15 is 0 Å². The van der Waals surface area contributed by atoms with Crippen LogP contribution in [0.1, 0.15) is 36.0 Å². The largest absolute Gasteiger partial charge is 0.387 e. The van der Waals surface area contributed by atoms with Gasteiger partial charge in [0, 0.05) is 65.1 Å². The van der Waals surface area contributed by atoms with E-state index < -0.39 is 0 Å². The van der Waals surface area contributed by atoms with Gasteiger partial charge in [-0.05, 0) is 49.3 Å². The number of hydrogen-bond acceptors (Lipinski definition) is 5. The van der Waals surface area contributed by atoms with Crippen molar-refractivity contribution in [1.29, 1.82) is 0 Å². The molecule has 0 atom stereocenters. The highest BCUT2D eigenvalue weighted by molar-refractivity contribution is 6.34. The number of anilines is 1. The molecule has 0 aromatic heterocycles. The Morgan fingerprint density at radius 2 is 1.54 bits per heavy atom. The predicted octanol–water partition coefficient (Wildman–Crippen LogP) is 3.61. The summed E-state index contributed by atoms with van der Waals surface area (Å²) in [6.07, 6.45) is 4.34. The third kappa shape index (κ3) is 6.64. The first-order valence-electron chi connectivity index (χ1n) is 13.2. The van der Waals surface area contributed by atoms with Gasteiger partial charge >= 0.3 is 0 Å². The second-order valence-electron chi connectivity index (χ2n) is 10.7. The highest BCUT2D eigenvalue weighted by Crippen LogP contribution is 2.43. The van der Waals surface area contributed by atoms with Crippen molar-refractivity contribution in [3.8, 4) is 0 Å². The number of amides is 2. The number of piperidine rings is 2. The Morgan fingerprint density at radius 3 is 2.03 bits per heavy atom. The van der Waals surface area contributed by atoms with E-state index in [0.717, 1.165) is 70.6 Å². The summed E-state index contributed by atoms with van der Waals surface area (Å²) in [4.78, 5) is 32.2. The van der Waals surface area contributed by atoms with E-state index in [0.29, 0.717) is 22.0 Å². The van der Waals surface area contributed by atoms with Gasteiger partial charge in [-0.3, -0.25) is 14.5 Å². The molecule has 3 heterocycles. The number of hydrogen-bond donors (Lipinski definition) is 1. The van der Waals surface area contributed by atoms with Crippen LogP contribution in [0.5, 0.6) is 0 Å². The lowest BCUT2D eigenvalue weighted by atomic mass is 9.71. The van der Waals surface area contributed by atoms with Crippen LogP contribution in [0.3, 0.4) is 0 Å². The maximum absolute atomic E-state index is 12.2. The number of aliphatic hydroxyl groups excluding tert-OH is 1. The first-order chi connectivity index (χ1) is 17.8. The molecule has 7 nitrogen and oxygen atoms in total. The molecule has 2 aromatic carbocycles. The summed E-state index contributed by atoms with van der Waals surface area (Å²) in [5.41, 5.74) is 1.99. The number of aliphatic hydroxyl groups is 1. The fourth-order valence-corrected chi connectivity index (χ4v) is 5.97. The van der Waals surface area contributed by atoms with Crippen molar-refractivity contribution in [1.82, 2.24) is 14.7 Å². The minimum absolute atomic E-state index is 0.0754. The Kier molecular flexibility index (Phi) is 9.11. The van der Waals surface area contributed by atoms with Crippen LogP contribution < -0.4 is 4.90 Å². The van der Waals surface area contributed by atoms with E-state index in [1.165, 1.54) is 0 Å². The molecule has 37 heavy (non-hydrogen) atoms. The minimum atomic E-state index is -0.377. The maximum Gasteiger partial charge on any atom is 0.254 e. The van der Waals surface area contributed by atoms with E-state index in [9.17, 15) is 9.59 Å². The third-order valence-corrected chi connectivity index (χ3v) is 8.30. The van der Waals surface area contributed by atoms with Gasteiger partial charge in [-0.25, -0.2) is 0 Å². The quantitative estimate of drug-likeness (QED) is 0.659. The lowest BCUT2D eigenvalue weighted by molar-refractivity contribution is -0.140. The van der Waals surface area contributed by atoms with Crippen LogP contribution >= 0.6 is 11.6 Å². The highest BCUT2D eigenvalue weighted by Gasteiger charge is 2.47. The van der Waals surface area contributed by atoms with Gasteiger partial charge in [0.05, 0.1) is 10.6 Å². The summed E-state index contributed by atoms with van der Waals surface area (Å²) in [6.45, 7) is 5.42. The first kappa shape index (κ1) is 27.4. The molecule has 1 N–H and O–H groups in total. The van der Waals surface area contributed by atoms with Crippen LogP contribution in [0.2, 0.25) is 5.02 Å². The van der Waals surface area contributed by atoms with E-state index in [1.54, 1.807) is 23.9 Å². The van der Waals surface area contributed by atoms with E-state index in [-0.39, 0.29) is 18.4 Å². The molecule has 3 aliphatic rings. The molecule has 3 saturated heterocycles. The number of carbonyl (C=O) groups is 2. The van der Waals surface area contributed by atoms with Crippen molar-refractivity contribution in [2.24, 2.45) is 5.41 Å². The lowest BCUT2D eigenvalue weighted by Crippen LogP contribution is -2.64. The number of benzene rings is 2. The van der Waals surface area contributed by atoms with E-state index in [1.807, 2.05) is 54.6 Å². The molecule has 200 valence electrons. The van der Waals surface area contributed by atoms with Crippen LogP contribution in [0.4, 0.5) is 5.69 Å². The summed E-state index contributed by atoms with van der Waals surface area (Å²) in [5, 5.41) is 9.56. The van der Waals surface area contributed by atoms with Gasteiger partial charge in [0.15, 0.2) is 0 Å². The lowest BCUT2D eigenvalue weighted by Gasteiger charge is -2.57. The molecule has 3 fully saturated rings. The Bertz CT molecular complexity index is 1010. The Morgan fingerprint density at radius 1 is 0.973 bits per heavy atom. The van der Waals surface area contributed by atoms with Crippen molar-refractivity contribution in [2.75, 3.05) is 64.9 Å². The maximum atomic E-state index is 12.2. The molecule has 2 amide bonds. The number of carbonyl (C=O) groups excluding carboxylic acids is 2. The summed E-state index contributed by atoms with van der Waals surface area (Å²) in [6, 6.07) is 18.4. The van der Waals surface area contributed by atoms with Crippen LogP contribution in [0.25, 0.3) is 0 Å². The summed E-state index contributed by atoms with van der Waals surface area (Å²) in [7, 11) is 3.46. The molecule has 2 aromatic rings. The van der Waals surface area contributed by atoms with E-state index in [4.69, 9.17) is 16.7 Å². The molecule has 8 heteroatoms. The molecule has 0 unspecified atom stereocenters. The normalized spacial score (nSPS) is 19.6. The molecular weight excluding hydrogens is 488 g/mol. The zero-order chi connectivity index (χ0) is 26.4. The zero-order valence-corrected chi connectivity index (χ0v) is 22.7. The molecule has 3 aliphatic heterocycles. The third-order valence-electron chi connectivity index (χ3n) is 7.99. The van der Waals surface area contributed by atoms with Crippen molar-refractivity contribution >= 4 is 29.1 Å². The molecule has 0 aliphatic carbocycles. The smallest absolute Gasteiger partial charge is 0.254 e. The standard InChI is InChI=1S/C23H33ClN4O3.C6H6/c1-25(2)22(31)19-4-3-18(13-20(19)24)26-9-5-17(6-10-26)28-15-23(16-28)7-11-27(12-8-23)21(30)14-29;1-2-4-6-5-3-1/h3-4,13,17,29H,5-12,14-16H2,1-2H3;1-6H. The number of nitrogens with zero attached hydrogens (tertiary/aromatic N) is 4. The summed E-state index contributed by atoms with van der Waals surface area (Å²) in [5.74, 6) is -0.217. The zero-order valence-electron chi connectivity index (χ0n) is 22.0. The van der Waals surface area contributed by atoms with Crippen LogP contribution in [-0.4, -0.2) is 97.6 Å². The molecule has 1 spiro atoms. The second kappa shape index (κ2) is 12.3. The number of halogens is 1. The van der Waals surface area contributed by atoms with Gasteiger partial charge in [-0.2, -0.15) is 0 Å². The van der Waals surface area contributed by atoms with Gasteiger partial charge in [0.1, 0.15) is 6.61 Å². The molecular formula is C29H39ClN4O3. The van der Waals surface area contributed by atoms with Gasteiger partial charge in [-0.1, -0.05) is 48.0 Å². The summed E-state index contributed by atoms with van der Waals surface area (Å²) >= 11 is 6.40. The molecule has 0 radical (unpaired) electrons. The van der Waals surface area contributed by atoms with Gasteiger partial charge in [-0.15, -0.1) is 0 Å². The van der Waals surface area contributed by atoms with Crippen molar-refractivity contribution in [3.63, 3.8) is 0 Å². The number of rotatable bonds is 4. The van der Waals surface area contributed by atoms with Crippen LogP contribution in [0, 0.1) is 5.41 Å². The number of likely N-dealkylation sites (tertiary alicyclic amines) is 2. The SMILES string of the molecule is CN(C)C(=O)c1ccc(N2CCC(N3CC4(CCN(C(=O)CO)CC4)C3)CC2)cc1Cl.c1ccccc1. The molecule has 5 rings (SSSR count). The Labute approximate surface area is 225 Å². The van der Waals surface area contributed by atoms with Gasteiger partial charge < -0.3 is 19.8 Å². The average Bonchev–Trinajstić information content (AvgIpc) is 2.92. The van der Waals surface area contributed by atoms with Gasteiger partial charge in [0.2, 0.25) is 5.91 Å². The molecule has 0 bridgehead atoms. The highest BCUT2D eigenvalue weighted by atomic mass is 35.5. The Hall–Kier alpha value is -2.61. The van der Waals surface area contributed by atoms with Crippen LogP contribution in [0.15, 0.2) is 54.6 Å². The first-order valence-corrected chi connectivity index (χ1v) is 13.6. The van der Waals surface area contributed by atoms with Crippen molar-refractivity contribution in [3.05, 3.63) is 65.2 Å². The van der Waals surface area contributed by atoms with Crippen molar-refractivity contribution < 1.29 is 14.7 Å². The summed E-state index contributed by atoms with van der Waals surface area (Å²) < 4.78 is 0. The fourth-order valence-electron chi connectivity index (χ4n) is 5.71. The minimum Gasteiger partial charge on any atom is -0.387 e.